The second kappa shape index (κ2) is 5.81. The number of aryl methyl sites for hydroxylation is 1. The number of benzene rings is 1. The Labute approximate surface area is 128 Å². The van der Waals surface area contributed by atoms with Crippen LogP contribution in [0.4, 0.5) is 0 Å². The number of rotatable bonds is 2. The molecular weight excluding hydrogens is 282 g/mol. The monoisotopic (exact) mass is 301 g/mol. The summed E-state index contributed by atoms with van der Waals surface area (Å²) in [7, 11) is 1.55. The van der Waals surface area contributed by atoms with Crippen LogP contribution in [0.3, 0.4) is 0 Å². The van der Waals surface area contributed by atoms with Crippen molar-refractivity contribution in [2.45, 2.75) is 6.92 Å². The summed E-state index contributed by atoms with van der Waals surface area (Å²) >= 11 is 0. The van der Waals surface area contributed by atoms with E-state index in [0.29, 0.717) is 35.4 Å². The minimum absolute atomic E-state index is 0.149. The Bertz CT molecular complexity index is 776. The van der Waals surface area contributed by atoms with Gasteiger partial charge in [-0.05, 0) is 18.6 Å². The summed E-state index contributed by atoms with van der Waals surface area (Å²) in [5.74, 6) is 0.414. The molecule has 0 bridgehead atoms. The number of nitrogens with one attached hydrogen (secondary N) is 2. The summed E-state index contributed by atoms with van der Waals surface area (Å²) in [4.78, 5) is 29.8. The number of methoxy groups -OCH3 is 1. The van der Waals surface area contributed by atoms with E-state index in [4.69, 9.17) is 4.74 Å². The first kappa shape index (κ1) is 14.6. The number of H-pyrrole nitrogens is 1. The molecule has 22 heavy (non-hydrogen) atoms. The van der Waals surface area contributed by atoms with E-state index in [1.807, 2.05) is 13.0 Å². The number of amides is 1. The van der Waals surface area contributed by atoms with Crippen LogP contribution in [0.15, 0.2) is 23.0 Å². The largest absolute Gasteiger partial charge is 0.495 e. The predicted molar refractivity (Wildman–Crippen MR) is 84.6 cm³/mol. The average molecular weight is 301 g/mol. The van der Waals surface area contributed by atoms with Gasteiger partial charge in [-0.1, -0.05) is 6.07 Å². The molecule has 116 valence electrons. The Kier molecular flexibility index (Phi) is 3.85. The number of pyridine rings is 1. The number of fused-ring (bicyclic) bond motifs is 1. The smallest absolute Gasteiger partial charge is 0.270 e. The molecule has 3 rings (SSSR count). The molecule has 1 aliphatic rings. The lowest BCUT2D eigenvalue weighted by atomic mass is 10.1. The highest BCUT2D eigenvalue weighted by Crippen LogP contribution is 2.24. The summed E-state index contributed by atoms with van der Waals surface area (Å²) in [5, 5.41) is 3.77. The third-order valence-corrected chi connectivity index (χ3v) is 4.01. The molecule has 1 saturated heterocycles. The Morgan fingerprint density at radius 1 is 1.27 bits per heavy atom. The van der Waals surface area contributed by atoms with Crippen LogP contribution in [0.25, 0.3) is 10.9 Å². The van der Waals surface area contributed by atoms with Gasteiger partial charge in [0, 0.05) is 32.2 Å². The zero-order valence-corrected chi connectivity index (χ0v) is 12.7. The first-order valence-corrected chi connectivity index (χ1v) is 7.32. The number of piperazine rings is 1. The van der Waals surface area contributed by atoms with Crippen LogP contribution in [0.2, 0.25) is 0 Å². The topological polar surface area (TPSA) is 74.4 Å². The van der Waals surface area contributed by atoms with E-state index in [0.717, 1.165) is 18.7 Å². The highest BCUT2D eigenvalue weighted by Gasteiger charge is 2.20. The molecule has 6 nitrogen and oxygen atoms in total. The second-order valence-corrected chi connectivity index (χ2v) is 5.42. The Morgan fingerprint density at radius 2 is 2.00 bits per heavy atom. The molecule has 1 aliphatic heterocycles. The van der Waals surface area contributed by atoms with Gasteiger partial charge < -0.3 is 19.9 Å². The number of hydrogen-bond acceptors (Lipinski definition) is 4. The number of carbonyl (C=O) groups is 1. The van der Waals surface area contributed by atoms with E-state index in [2.05, 4.69) is 10.3 Å². The van der Waals surface area contributed by atoms with Crippen LogP contribution in [0, 0.1) is 6.92 Å². The van der Waals surface area contributed by atoms with Crippen molar-refractivity contribution in [3.8, 4) is 5.75 Å². The molecule has 2 aromatic rings. The molecule has 1 fully saturated rings. The third-order valence-electron chi connectivity index (χ3n) is 4.01. The van der Waals surface area contributed by atoms with E-state index >= 15 is 0 Å². The molecular formula is C16H19N3O3. The molecule has 0 spiro atoms. The summed E-state index contributed by atoms with van der Waals surface area (Å²) in [6.45, 7) is 4.69. The molecule has 2 N–H and O–H groups in total. The quantitative estimate of drug-likeness (QED) is 0.864. The van der Waals surface area contributed by atoms with Gasteiger partial charge in [-0.2, -0.15) is 0 Å². The molecule has 0 aliphatic carbocycles. The van der Waals surface area contributed by atoms with Crippen molar-refractivity contribution in [1.29, 1.82) is 0 Å². The van der Waals surface area contributed by atoms with E-state index in [-0.39, 0.29) is 11.3 Å². The van der Waals surface area contributed by atoms with Crippen molar-refractivity contribution in [2.24, 2.45) is 0 Å². The first-order chi connectivity index (χ1) is 10.6. The van der Waals surface area contributed by atoms with Gasteiger partial charge in [0.2, 0.25) is 0 Å². The number of hydrogen-bond donors (Lipinski definition) is 2. The predicted octanol–water partition coefficient (Wildman–Crippen LogP) is 0.891. The maximum absolute atomic E-state index is 12.6. The van der Waals surface area contributed by atoms with E-state index in [9.17, 15) is 9.59 Å². The molecule has 1 amide bonds. The molecule has 2 heterocycles. The van der Waals surface area contributed by atoms with Gasteiger partial charge >= 0.3 is 0 Å². The molecule has 0 saturated carbocycles. The second-order valence-electron chi connectivity index (χ2n) is 5.42. The summed E-state index contributed by atoms with van der Waals surface area (Å²) in [6, 6.07) is 5.03. The fourth-order valence-electron chi connectivity index (χ4n) is 2.83. The van der Waals surface area contributed by atoms with E-state index in [1.54, 1.807) is 18.1 Å². The highest BCUT2D eigenvalue weighted by molar-refractivity contribution is 5.96. The lowest BCUT2D eigenvalue weighted by Crippen LogP contribution is -2.46. The number of aromatic nitrogens is 1. The fraction of sp³-hybridized carbons (Fsp3) is 0.375. The lowest BCUT2D eigenvalue weighted by Gasteiger charge is -2.27. The van der Waals surface area contributed by atoms with Gasteiger partial charge in [0.25, 0.3) is 5.91 Å². The standard InChI is InChI=1S/C16H19N3O3/c1-10-3-4-13(22-2)15-14(10)12(20)9-11(18-15)16(21)19-7-5-17-6-8-19/h3-4,9,17H,5-8H2,1-2H3,(H,18,20). The van der Waals surface area contributed by atoms with Crippen molar-refractivity contribution >= 4 is 16.8 Å². The third kappa shape index (κ3) is 2.46. The van der Waals surface area contributed by atoms with Crippen molar-refractivity contribution in [2.75, 3.05) is 33.3 Å². The van der Waals surface area contributed by atoms with Crippen LogP contribution >= 0.6 is 0 Å². The van der Waals surface area contributed by atoms with Gasteiger partial charge in [0.05, 0.1) is 18.0 Å². The minimum atomic E-state index is -0.163. The number of carbonyl (C=O) groups excluding carboxylic acids is 1. The first-order valence-electron chi connectivity index (χ1n) is 7.32. The maximum Gasteiger partial charge on any atom is 0.270 e. The molecule has 0 radical (unpaired) electrons. The Balaban J connectivity index is 2.12. The Hall–Kier alpha value is -2.34. The van der Waals surface area contributed by atoms with Crippen molar-refractivity contribution in [1.82, 2.24) is 15.2 Å². The number of aromatic amines is 1. The fourth-order valence-corrected chi connectivity index (χ4v) is 2.83. The normalized spacial score (nSPS) is 15.1. The number of nitrogens with zero attached hydrogens (tertiary/aromatic N) is 1. The van der Waals surface area contributed by atoms with Crippen LogP contribution in [0.1, 0.15) is 16.1 Å². The zero-order chi connectivity index (χ0) is 15.7. The minimum Gasteiger partial charge on any atom is -0.495 e. The summed E-state index contributed by atoms with van der Waals surface area (Å²) in [6.07, 6.45) is 0. The molecule has 1 aromatic heterocycles. The van der Waals surface area contributed by atoms with Crippen molar-refractivity contribution in [3.05, 3.63) is 39.7 Å². The summed E-state index contributed by atoms with van der Waals surface area (Å²) in [5.41, 5.74) is 1.58. The van der Waals surface area contributed by atoms with Gasteiger partial charge in [0.15, 0.2) is 5.43 Å². The Morgan fingerprint density at radius 3 is 2.68 bits per heavy atom. The van der Waals surface area contributed by atoms with Crippen molar-refractivity contribution < 1.29 is 9.53 Å². The van der Waals surface area contributed by atoms with Gasteiger partial charge in [0.1, 0.15) is 11.4 Å². The molecule has 0 atom stereocenters. The van der Waals surface area contributed by atoms with Crippen molar-refractivity contribution in [3.63, 3.8) is 0 Å². The van der Waals surface area contributed by atoms with Gasteiger partial charge in [-0.3, -0.25) is 9.59 Å². The van der Waals surface area contributed by atoms with Crippen LogP contribution < -0.4 is 15.5 Å². The lowest BCUT2D eigenvalue weighted by molar-refractivity contribution is 0.0730. The molecule has 0 unspecified atom stereocenters. The van der Waals surface area contributed by atoms with Crippen LogP contribution in [-0.2, 0) is 0 Å². The average Bonchev–Trinajstić information content (AvgIpc) is 2.55. The molecule has 1 aromatic carbocycles. The molecule has 6 heteroatoms. The van der Waals surface area contributed by atoms with E-state index < -0.39 is 0 Å². The maximum atomic E-state index is 12.6. The van der Waals surface area contributed by atoms with Gasteiger partial charge in [-0.25, -0.2) is 0 Å². The summed E-state index contributed by atoms with van der Waals surface area (Å²) < 4.78 is 5.31. The SMILES string of the molecule is COc1ccc(C)c2c(=O)cc(C(=O)N3CCNCC3)[nH]c12. The van der Waals surface area contributed by atoms with Crippen LogP contribution in [0.5, 0.6) is 5.75 Å². The highest BCUT2D eigenvalue weighted by atomic mass is 16.5. The van der Waals surface area contributed by atoms with Gasteiger partial charge in [-0.15, -0.1) is 0 Å². The number of ether oxygens (including phenoxy) is 1. The van der Waals surface area contributed by atoms with E-state index in [1.165, 1.54) is 6.07 Å². The zero-order valence-electron chi connectivity index (χ0n) is 12.7. The van der Waals surface area contributed by atoms with Crippen LogP contribution in [-0.4, -0.2) is 49.1 Å².